The van der Waals surface area contributed by atoms with E-state index in [1.807, 2.05) is 30.3 Å². The van der Waals surface area contributed by atoms with Crippen LogP contribution in [-0.4, -0.2) is 36.3 Å². The second-order valence-corrected chi connectivity index (χ2v) is 9.56. The number of carbonyl (C=O) groups is 1. The van der Waals surface area contributed by atoms with E-state index >= 15 is 0 Å². The second kappa shape index (κ2) is 10.6. The van der Waals surface area contributed by atoms with Gasteiger partial charge in [-0.05, 0) is 55.0 Å². The SMILES string of the molecule is O=C(NCCCO)C1CC2(c3ccccc3)NC1CCC2OCc1cc(C(F)(F)F)cc(C(F)(F)F)c1. The maximum Gasteiger partial charge on any atom is 0.416 e. The van der Waals surface area contributed by atoms with Gasteiger partial charge in [-0.1, -0.05) is 30.3 Å². The summed E-state index contributed by atoms with van der Waals surface area (Å²) in [6.45, 7) is -0.179. The molecule has 4 unspecified atom stereocenters. The van der Waals surface area contributed by atoms with Crippen LogP contribution < -0.4 is 10.6 Å². The summed E-state index contributed by atoms with van der Waals surface area (Å²) in [4.78, 5) is 12.9. The highest BCUT2D eigenvalue weighted by Crippen LogP contribution is 2.48. The number of alkyl halides is 6. The van der Waals surface area contributed by atoms with Gasteiger partial charge in [-0.3, -0.25) is 4.79 Å². The third kappa shape index (κ3) is 5.94. The number of halogens is 6. The Balaban J connectivity index is 1.60. The Kier molecular flexibility index (Phi) is 7.87. The van der Waals surface area contributed by atoms with Crippen LogP contribution in [0, 0.1) is 5.92 Å². The fraction of sp³-hybridized carbons (Fsp3) is 0.500. The number of ether oxygens (including phenoxy) is 1. The second-order valence-electron chi connectivity index (χ2n) is 9.56. The van der Waals surface area contributed by atoms with Crippen molar-refractivity contribution in [1.29, 1.82) is 0 Å². The van der Waals surface area contributed by atoms with E-state index in [1.165, 1.54) is 0 Å². The lowest BCUT2D eigenvalue weighted by molar-refractivity contribution is -0.143. The number of nitrogens with one attached hydrogen (secondary N) is 2. The molecular weight excluding hydrogens is 502 g/mol. The number of amides is 1. The van der Waals surface area contributed by atoms with Gasteiger partial charge in [0, 0.05) is 19.2 Å². The Morgan fingerprint density at radius 2 is 1.68 bits per heavy atom. The zero-order chi connectivity index (χ0) is 26.8. The molecule has 0 spiro atoms. The van der Waals surface area contributed by atoms with Crippen LogP contribution in [0.1, 0.15) is 47.9 Å². The van der Waals surface area contributed by atoms with Gasteiger partial charge in [0.15, 0.2) is 0 Å². The van der Waals surface area contributed by atoms with Gasteiger partial charge in [0.05, 0.1) is 35.3 Å². The molecule has 3 N–H and O–H groups in total. The summed E-state index contributed by atoms with van der Waals surface area (Å²) in [7, 11) is 0. The number of carbonyl (C=O) groups excluding carboxylic acids is 1. The van der Waals surface area contributed by atoms with Gasteiger partial charge in [0.1, 0.15) is 0 Å². The van der Waals surface area contributed by atoms with Gasteiger partial charge in [-0.25, -0.2) is 0 Å². The zero-order valence-electron chi connectivity index (χ0n) is 19.8. The van der Waals surface area contributed by atoms with Gasteiger partial charge in [-0.2, -0.15) is 26.3 Å². The number of piperidine rings is 1. The van der Waals surface area contributed by atoms with Crippen LogP contribution in [0.3, 0.4) is 0 Å². The molecular formula is C26H28F6N2O3. The van der Waals surface area contributed by atoms with Crippen molar-refractivity contribution < 1.29 is 41.0 Å². The molecule has 2 fully saturated rings. The third-order valence-corrected chi connectivity index (χ3v) is 7.12. The molecule has 2 aliphatic rings. The Morgan fingerprint density at radius 3 is 2.27 bits per heavy atom. The van der Waals surface area contributed by atoms with Gasteiger partial charge in [0.25, 0.3) is 0 Å². The molecule has 2 heterocycles. The fourth-order valence-corrected chi connectivity index (χ4v) is 5.40. The van der Waals surface area contributed by atoms with Crippen molar-refractivity contribution in [2.75, 3.05) is 13.2 Å². The summed E-state index contributed by atoms with van der Waals surface area (Å²) in [6.07, 6.45) is -8.68. The van der Waals surface area contributed by atoms with E-state index in [4.69, 9.17) is 9.84 Å². The van der Waals surface area contributed by atoms with E-state index in [1.54, 1.807) is 0 Å². The van der Waals surface area contributed by atoms with Crippen LogP contribution in [0.4, 0.5) is 26.3 Å². The maximum absolute atomic E-state index is 13.3. The van der Waals surface area contributed by atoms with Crippen molar-refractivity contribution in [3.8, 4) is 0 Å². The zero-order valence-corrected chi connectivity index (χ0v) is 19.8. The fourth-order valence-electron chi connectivity index (χ4n) is 5.40. The number of aliphatic hydroxyl groups is 1. The largest absolute Gasteiger partial charge is 0.416 e. The van der Waals surface area contributed by atoms with Crippen LogP contribution >= 0.6 is 0 Å². The van der Waals surface area contributed by atoms with Crippen LogP contribution in [0.2, 0.25) is 0 Å². The van der Waals surface area contributed by atoms with Crippen LogP contribution in [0.25, 0.3) is 0 Å². The molecule has 0 aromatic heterocycles. The average Bonchev–Trinajstić information content (AvgIpc) is 3.17. The Bertz CT molecular complexity index is 1060. The first kappa shape index (κ1) is 27.4. The highest BCUT2D eigenvalue weighted by molar-refractivity contribution is 5.80. The number of fused-ring (bicyclic) bond motifs is 2. The highest BCUT2D eigenvalue weighted by Gasteiger charge is 2.56. The number of aliphatic hydroxyl groups excluding tert-OH is 1. The van der Waals surface area contributed by atoms with Gasteiger partial charge >= 0.3 is 12.4 Å². The molecule has 2 aromatic rings. The summed E-state index contributed by atoms with van der Waals surface area (Å²) >= 11 is 0. The molecule has 2 bridgehead atoms. The van der Waals surface area contributed by atoms with Crippen molar-refractivity contribution >= 4 is 5.91 Å². The van der Waals surface area contributed by atoms with E-state index in [-0.39, 0.29) is 30.2 Å². The summed E-state index contributed by atoms with van der Waals surface area (Å²) in [5.41, 5.74) is -3.02. The van der Waals surface area contributed by atoms with Crippen molar-refractivity contribution in [1.82, 2.24) is 10.6 Å². The molecule has 4 atom stereocenters. The first-order chi connectivity index (χ1) is 17.4. The predicted octanol–water partition coefficient (Wildman–Crippen LogP) is 4.78. The highest BCUT2D eigenvalue weighted by atomic mass is 19.4. The van der Waals surface area contributed by atoms with Crippen LogP contribution in [-0.2, 0) is 34.0 Å². The average molecular weight is 531 g/mol. The Morgan fingerprint density at radius 1 is 1.03 bits per heavy atom. The quantitative estimate of drug-likeness (QED) is 0.340. The Labute approximate surface area is 210 Å². The molecule has 2 aliphatic heterocycles. The molecule has 2 aromatic carbocycles. The van der Waals surface area contributed by atoms with Crippen molar-refractivity contribution in [3.63, 3.8) is 0 Å². The molecule has 0 saturated carbocycles. The summed E-state index contributed by atoms with van der Waals surface area (Å²) in [5, 5.41) is 15.3. The number of benzene rings is 2. The van der Waals surface area contributed by atoms with Crippen LogP contribution in [0.15, 0.2) is 48.5 Å². The monoisotopic (exact) mass is 530 g/mol. The van der Waals surface area contributed by atoms with E-state index < -0.39 is 47.6 Å². The topological polar surface area (TPSA) is 70.6 Å². The van der Waals surface area contributed by atoms with Crippen LogP contribution in [0.5, 0.6) is 0 Å². The molecule has 202 valence electrons. The number of hydrogen-bond donors (Lipinski definition) is 3. The van der Waals surface area contributed by atoms with Gasteiger partial charge < -0.3 is 20.5 Å². The lowest BCUT2D eigenvalue weighted by Crippen LogP contribution is -2.54. The lowest BCUT2D eigenvalue weighted by atomic mass is 9.80. The number of hydrogen-bond acceptors (Lipinski definition) is 4. The smallest absolute Gasteiger partial charge is 0.396 e. The van der Waals surface area contributed by atoms with E-state index in [9.17, 15) is 31.1 Å². The molecule has 1 amide bonds. The van der Waals surface area contributed by atoms with Crippen molar-refractivity contribution in [2.24, 2.45) is 5.92 Å². The molecule has 0 aliphatic carbocycles. The minimum Gasteiger partial charge on any atom is -0.396 e. The van der Waals surface area contributed by atoms with Crippen molar-refractivity contribution in [3.05, 3.63) is 70.8 Å². The molecule has 2 saturated heterocycles. The van der Waals surface area contributed by atoms with Crippen molar-refractivity contribution in [2.45, 2.75) is 62.3 Å². The number of rotatable bonds is 8. The van der Waals surface area contributed by atoms with E-state index in [0.717, 1.165) is 5.56 Å². The first-order valence-corrected chi connectivity index (χ1v) is 12.1. The Hall–Kier alpha value is -2.63. The summed E-state index contributed by atoms with van der Waals surface area (Å²) in [5.74, 6) is -0.574. The molecule has 0 radical (unpaired) electrons. The van der Waals surface area contributed by atoms with E-state index in [0.29, 0.717) is 44.4 Å². The first-order valence-electron chi connectivity index (χ1n) is 12.1. The summed E-state index contributed by atoms with van der Waals surface area (Å²) in [6, 6.07) is 10.5. The minimum absolute atomic E-state index is 0.0535. The third-order valence-electron chi connectivity index (χ3n) is 7.12. The predicted molar refractivity (Wildman–Crippen MR) is 122 cm³/mol. The molecule has 4 rings (SSSR count). The maximum atomic E-state index is 13.3. The normalized spacial score (nSPS) is 25.8. The van der Waals surface area contributed by atoms with Gasteiger partial charge in [-0.15, -0.1) is 0 Å². The lowest BCUT2D eigenvalue weighted by Gasteiger charge is -2.42. The summed E-state index contributed by atoms with van der Waals surface area (Å²) < 4.78 is 85.8. The minimum atomic E-state index is -4.94. The van der Waals surface area contributed by atoms with Gasteiger partial charge in [0.2, 0.25) is 5.91 Å². The van der Waals surface area contributed by atoms with E-state index in [2.05, 4.69) is 10.6 Å². The molecule has 5 nitrogen and oxygen atoms in total. The molecule has 37 heavy (non-hydrogen) atoms. The standard InChI is InChI=1S/C26H28F6N2O3/c27-25(28,29)18-11-16(12-19(13-18)26(30,31)32)15-37-22-8-7-21-20(23(36)33-9-4-10-35)14-24(22,34-21)17-5-2-1-3-6-17/h1-3,5-6,11-13,20-22,34-35H,4,7-10,14-15H2,(H,33,36). The molecule has 11 heteroatoms.